The number of fused-ring (bicyclic) bond motifs is 4. The average Bonchev–Trinajstić information content (AvgIpc) is 2.69. The molecule has 0 N–H and O–H groups in total. The lowest BCUT2D eigenvalue weighted by molar-refractivity contribution is 0.843. The fourth-order valence-corrected chi connectivity index (χ4v) is 3.89. The molecule has 0 saturated heterocycles. The Balaban J connectivity index is 2.20. The van der Waals surface area contributed by atoms with E-state index < -0.39 is 0 Å². The van der Waals surface area contributed by atoms with Gasteiger partial charge in [-0.05, 0) is 64.8 Å². The van der Waals surface area contributed by atoms with Gasteiger partial charge in [-0.2, -0.15) is 0 Å². The van der Waals surface area contributed by atoms with Gasteiger partial charge in [0.25, 0.3) is 0 Å². The highest BCUT2D eigenvalue weighted by atomic mass is 15.0. The molecule has 3 heterocycles. The highest BCUT2D eigenvalue weighted by molar-refractivity contribution is 6.07. The van der Waals surface area contributed by atoms with Crippen LogP contribution in [0.5, 0.6) is 0 Å². The molecule has 30 heavy (non-hydrogen) atoms. The van der Waals surface area contributed by atoms with Crippen LogP contribution in [0.15, 0.2) is 56.4 Å². The SMILES string of the molecule is CCC1C(C)=Nc2cccc(n2)/N=C(/C)C(CC)/C(C)=N\c2cccc(n2)N=C1C. The average molecular weight is 403 g/mol. The molecule has 1 aliphatic heterocycles. The molecule has 6 nitrogen and oxygen atoms in total. The predicted molar refractivity (Wildman–Crippen MR) is 127 cm³/mol. The van der Waals surface area contributed by atoms with Crippen molar-refractivity contribution in [3.63, 3.8) is 0 Å². The molecule has 0 unspecified atom stereocenters. The Bertz CT molecular complexity index is 877. The van der Waals surface area contributed by atoms with Crippen LogP contribution in [0.1, 0.15) is 54.4 Å². The highest BCUT2D eigenvalue weighted by Crippen LogP contribution is 2.23. The smallest absolute Gasteiger partial charge is 0.154 e. The molecule has 0 aromatic carbocycles. The quantitative estimate of drug-likeness (QED) is 0.566. The van der Waals surface area contributed by atoms with Gasteiger partial charge in [0, 0.05) is 34.7 Å². The van der Waals surface area contributed by atoms with Gasteiger partial charge in [0.05, 0.1) is 0 Å². The van der Waals surface area contributed by atoms with Gasteiger partial charge in [0.2, 0.25) is 0 Å². The van der Waals surface area contributed by atoms with Crippen molar-refractivity contribution in [1.82, 2.24) is 9.97 Å². The maximum Gasteiger partial charge on any atom is 0.154 e. The van der Waals surface area contributed by atoms with Crippen molar-refractivity contribution in [1.29, 1.82) is 0 Å². The first-order valence-electron chi connectivity index (χ1n) is 10.6. The van der Waals surface area contributed by atoms with Crippen LogP contribution in [-0.2, 0) is 0 Å². The molecule has 0 aliphatic carbocycles. The van der Waals surface area contributed by atoms with E-state index in [-0.39, 0.29) is 11.8 Å². The van der Waals surface area contributed by atoms with Crippen molar-refractivity contribution in [3.8, 4) is 0 Å². The van der Waals surface area contributed by atoms with Crippen LogP contribution in [0.4, 0.5) is 23.3 Å². The monoisotopic (exact) mass is 402 g/mol. The van der Waals surface area contributed by atoms with Crippen LogP contribution in [0, 0.1) is 11.8 Å². The molecule has 2 aromatic heterocycles. The maximum atomic E-state index is 4.78. The lowest BCUT2D eigenvalue weighted by Crippen LogP contribution is -2.19. The molecule has 4 bridgehead atoms. The Morgan fingerprint density at radius 2 is 0.800 bits per heavy atom. The largest absolute Gasteiger partial charge is 0.238 e. The van der Waals surface area contributed by atoms with E-state index in [1.165, 1.54) is 0 Å². The van der Waals surface area contributed by atoms with Gasteiger partial charge >= 0.3 is 0 Å². The Kier molecular flexibility index (Phi) is 6.98. The van der Waals surface area contributed by atoms with Crippen LogP contribution in [-0.4, -0.2) is 32.8 Å². The topological polar surface area (TPSA) is 75.2 Å². The van der Waals surface area contributed by atoms with Crippen molar-refractivity contribution in [2.45, 2.75) is 54.4 Å². The molecule has 0 fully saturated rings. The Morgan fingerprint density at radius 3 is 1.03 bits per heavy atom. The third-order valence-corrected chi connectivity index (χ3v) is 5.44. The predicted octanol–water partition coefficient (Wildman–Crippen LogP) is 6.61. The zero-order chi connectivity index (χ0) is 21.7. The minimum atomic E-state index is 0.119. The number of hydrogen-bond acceptors (Lipinski definition) is 6. The van der Waals surface area contributed by atoms with E-state index in [2.05, 4.69) is 23.8 Å². The molecule has 156 valence electrons. The van der Waals surface area contributed by atoms with Gasteiger partial charge in [-0.25, -0.2) is 29.9 Å². The third-order valence-electron chi connectivity index (χ3n) is 5.44. The summed E-state index contributed by atoms with van der Waals surface area (Å²) in [4.78, 5) is 28.4. The van der Waals surface area contributed by atoms with Crippen molar-refractivity contribution in [2.24, 2.45) is 31.8 Å². The molecule has 0 radical (unpaired) electrons. The molecule has 0 spiro atoms. The third kappa shape index (κ3) is 5.12. The molecule has 1 aliphatic rings. The molecule has 6 heteroatoms. The number of pyridine rings is 2. The maximum absolute atomic E-state index is 4.78. The van der Waals surface area contributed by atoms with Gasteiger partial charge in [-0.3, -0.25) is 0 Å². The second-order valence-electron chi connectivity index (χ2n) is 7.64. The van der Waals surface area contributed by atoms with Crippen LogP contribution < -0.4 is 0 Å². The van der Waals surface area contributed by atoms with Crippen LogP contribution >= 0.6 is 0 Å². The first kappa shape index (κ1) is 21.7. The fourth-order valence-electron chi connectivity index (χ4n) is 3.89. The second kappa shape index (κ2) is 9.65. The minimum absolute atomic E-state index is 0.119. The van der Waals surface area contributed by atoms with E-state index in [1.807, 2.05) is 64.1 Å². The Morgan fingerprint density at radius 1 is 0.533 bits per heavy atom. The summed E-state index contributed by atoms with van der Waals surface area (Å²) in [6.07, 6.45) is 1.80. The Labute approximate surface area is 179 Å². The Hall–Kier alpha value is -3.02. The summed E-state index contributed by atoms with van der Waals surface area (Å²) in [5.74, 6) is 2.90. The molecule has 2 aromatic rings. The molecule has 0 saturated carbocycles. The van der Waals surface area contributed by atoms with Crippen LogP contribution in [0.25, 0.3) is 0 Å². The standard InChI is InChI=1S/C24H30N6/c1-7-19-15(3)25-21-11-9-13-23(29-21)27-17(5)20(8-2)18(6)28-24-14-10-12-22(30-24)26-16(19)4/h9-14,19-20H,7-8H2,1-6H3/b25-15-,26-16-,27-17?,28-18?. The van der Waals surface area contributed by atoms with Crippen molar-refractivity contribution < 1.29 is 0 Å². The zero-order valence-corrected chi connectivity index (χ0v) is 18.7. The van der Waals surface area contributed by atoms with E-state index in [0.717, 1.165) is 35.7 Å². The van der Waals surface area contributed by atoms with E-state index in [1.54, 1.807) is 0 Å². The van der Waals surface area contributed by atoms with Crippen molar-refractivity contribution in [2.75, 3.05) is 0 Å². The summed E-state index contributed by atoms with van der Waals surface area (Å²) < 4.78 is 0. The number of hydrogen-bond donors (Lipinski definition) is 0. The summed E-state index contributed by atoms with van der Waals surface area (Å²) in [6.45, 7) is 12.4. The lowest BCUT2D eigenvalue weighted by Gasteiger charge is -2.16. The van der Waals surface area contributed by atoms with Gasteiger partial charge in [-0.1, -0.05) is 26.0 Å². The van der Waals surface area contributed by atoms with Gasteiger partial charge in [-0.15, -0.1) is 0 Å². The van der Waals surface area contributed by atoms with E-state index in [0.29, 0.717) is 23.3 Å². The number of aliphatic imine (C=N–C) groups is 4. The van der Waals surface area contributed by atoms with Crippen LogP contribution in [0.3, 0.4) is 0 Å². The van der Waals surface area contributed by atoms with E-state index >= 15 is 0 Å². The number of aromatic nitrogens is 2. The summed E-state index contributed by atoms with van der Waals surface area (Å²) in [5.41, 5.74) is 3.92. The number of rotatable bonds is 2. The summed E-state index contributed by atoms with van der Waals surface area (Å²) in [5, 5.41) is 0. The van der Waals surface area contributed by atoms with Gasteiger partial charge in [0.1, 0.15) is 0 Å². The minimum Gasteiger partial charge on any atom is -0.238 e. The first-order chi connectivity index (χ1) is 14.4. The summed E-state index contributed by atoms with van der Waals surface area (Å²) >= 11 is 0. The molecule has 3 rings (SSSR count). The molecule has 0 atom stereocenters. The van der Waals surface area contributed by atoms with Crippen LogP contribution in [0.2, 0.25) is 0 Å². The van der Waals surface area contributed by atoms with Gasteiger partial charge in [0.15, 0.2) is 23.3 Å². The lowest BCUT2D eigenvalue weighted by atomic mass is 9.96. The van der Waals surface area contributed by atoms with Gasteiger partial charge < -0.3 is 0 Å². The second-order valence-corrected chi connectivity index (χ2v) is 7.64. The highest BCUT2D eigenvalue weighted by Gasteiger charge is 2.17. The summed E-state index contributed by atoms with van der Waals surface area (Å²) in [6, 6.07) is 11.6. The molecule has 0 amide bonds. The van der Waals surface area contributed by atoms with Crippen molar-refractivity contribution in [3.05, 3.63) is 36.4 Å². The van der Waals surface area contributed by atoms with Crippen molar-refractivity contribution >= 4 is 46.1 Å². The normalized spacial score (nSPS) is 23.5. The molecular weight excluding hydrogens is 372 g/mol. The summed E-state index contributed by atoms with van der Waals surface area (Å²) in [7, 11) is 0. The fraction of sp³-hybridized carbons (Fsp3) is 0.417. The molecular formula is C24H30N6. The van der Waals surface area contributed by atoms with E-state index in [9.17, 15) is 0 Å². The number of nitrogens with zero attached hydrogens (tertiary/aromatic N) is 6. The first-order valence-corrected chi connectivity index (χ1v) is 10.6. The van der Waals surface area contributed by atoms with E-state index in [4.69, 9.17) is 20.0 Å². The zero-order valence-electron chi connectivity index (χ0n) is 18.7.